The van der Waals surface area contributed by atoms with Gasteiger partial charge in [0.2, 0.25) is 0 Å². The molecule has 2 aliphatic rings. The Morgan fingerprint density at radius 2 is 2.38 bits per heavy atom. The van der Waals surface area contributed by atoms with E-state index in [0.29, 0.717) is 5.84 Å². The highest BCUT2D eigenvalue weighted by atomic mass is 16.5. The highest BCUT2D eigenvalue weighted by Crippen LogP contribution is 2.21. The van der Waals surface area contributed by atoms with Crippen molar-refractivity contribution in [1.29, 1.82) is 0 Å². The molecular weight excluding hydrogens is 168 g/mol. The number of hydroxylamine groups is 2. The lowest BCUT2D eigenvalue weighted by atomic mass is 10.2. The van der Waals surface area contributed by atoms with Gasteiger partial charge in [0.25, 0.3) is 0 Å². The van der Waals surface area contributed by atoms with Crippen LogP contribution in [0.1, 0.15) is 13.3 Å². The maximum atomic E-state index is 9.75. The molecule has 1 unspecified atom stereocenters. The fourth-order valence-electron chi connectivity index (χ4n) is 1.59. The lowest BCUT2D eigenvalue weighted by Crippen LogP contribution is -2.49. The molecule has 0 bridgehead atoms. The molecule has 1 N–H and O–H groups in total. The van der Waals surface area contributed by atoms with Crippen LogP contribution in [0.25, 0.3) is 0 Å². The van der Waals surface area contributed by atoms with E-state index in [-0.39, 0.29) is 6.17 Å². The first kappa shape index (κ1) is 8.25. The van der Waals surface area contributed by atoms with Gasteiger partial charge in [0.1, 0.15) is 18.2 Å². The molecule has 2 rings (SSSR count). The van der Waals surface area contributed by atoms with Crippen LogP contribution in [0.3, 0.4) is 0 Å². The normalized spacial score (nSPS) is 25.9. The van der Waals surface area contributed by atoms with Crippen LogP contribution in [0.4, 0.5) is 0 Å². The van der Waals surface area contributed by atoms with Crippen molar-refractivity contribution in [3.05, 3.63) is 11.9 Å². The summed E-state index contributed by atoms with van der Waals surface area (Å²) in [6.07, 6.45) is 4.14. The van der Waals surface area contributed by atoms with Crippen molar-refractivity contribution in [2.75, 3.05) is 7.05 Å². The molecular formula is C8H12N4O. The van der Waals surface area contributed by atoms with E-state index in [4.69, 9.17) is 0 Å². The summed E-state index contributed by atoms with van der Waals surface area (Å²) in [6, 6.07) is 0. The summed E-state index contributed by atoms with van der Waals surface area (Å²) in [5.41, 5.74) is 0.717. The first-order valence-corrected chi connectivity index (χ1v) is 4.26. The first-order valence-electron chi connectivity index (χ1n) is 4.26. The molecule has 0 spiro atoms. The zero-order valence-corrected chi connectivity index (χ0v) is 7.68. The van der Waals surface area contributed by atoms with E-state index in [1.54, 1.807) is 0 Å². The van der Waals surface area contributed by atoms with Gasteiger partial charge in [-0.25, -0.2) is 15.0 Å². The second kappa shape index (κ2) is 2.85. The predicted octanol–water partition coefficient (Wildman–Crippen LogP) is 0.641. The minimum Gasteiger partial charge on any atom is -0.356 e. The molecule has 70 valence electrons. The van der Waals surface area contributed by atoms with Crippen molar-refractivity contribution in [1.82, 2.24) is 9.96 Å². The minimum absolute atomic E-state index is 0.0378. The Morgan fingerprint density at radius 1 is 1.62 bits per heavy atom. The Balaban J connectivity index is 2.35. The van der Waals surface area contributed by atoms with Crippen LogP contribution >= 0.6 is 0 Å². The van der Waals surface area contributed by atoms with Crippen molar-refractivity contribution in [2.24, 2.45) is 9.98 Å². The third kappa shape index (κ3) is 1.12. The van der Waals surface area contributed by atoms with Crippen LogP contribution in [0, 0.1) is 0 Å². The van der Waals surface area contributed by atoms with Gasteiger partial charge in [-0.2, -0.15) is 0 Å². The zero-order valence-electron chi connectivity index (χ0n) is 7.68. The topological polar surface area (TPSA) is 51.4 Å². The molecule has 13 heavy (non-hydrogen) atoms. The average Bonchev–Trinajstić information content (AvgIpc) is 2.53. The molecule has 1 atom stereocenters. The maximum Gasteiger partial charge on any atom is 0.183 e. The van der Waals surface area contributed by atoms with E-state index in [9.17, 15) is 5.21 Å². The third-order valence-corrected chi connectivity index (χ3v) is 2.27. The number of fused-ring (bicyclic) bond motifs is 1. The first-order chi connectivity index (χ1) is 6.24. The summed E-state index contributed by atoms with van der Waals surface area (Å²) >= 11 is 0. The van der Waals surface area contributed by atoms with Crippen molar-refractivity contribution >= 4 is 12.2 Å². The largest absolute Gasteiger partial charge is 0.356 e. The fraction of sp³-hybridized carbons (Fsp3) is 0.500. The highest BCUT2D eigenvalue weighted by Gasteiger charge is 2.30. The summed E-state index contributed by atoms with van der Waals surface area (Å²) in [5, 5.41) is 10.9. The van der Waals surface area contributed by atoms with Gasteiger partial charge < -0.3 is 4.90 Å². The fourth-order valence-corrected chi connectivity index (χ4v) is 1.59. The molecule has 0 aromatic carbocycles. The lowest BCUT2D eigenvalue weighted by Gasteiger charge is -2.36. The van der Waals surface area contributed by atoms with Gasteiger partial charge in [-0.05, 0) is 6.42 Å². The van der Waals surface area contributed by atoms with Crippen LogP contribution in [0.2, 0.25) is 0 Å². The molecule has 0 aromatic rings. The monoisotopic (exact) mass is 180 g/mol. The van der Waals surface area contributed by atoms with E-state index < -0.39 is 0 Å². The SMILES string of the molecule is CCC1N(C)C=C2N=CN=C2N1O. The van der Waals surface area contributed by atoms with Gasteiger partial charge in [0.15, 0.2) is 5.84 Å². The number of nitrogens with zero attached hydrogens (tertiary/aromatic N) is 4. The van der Waals surface area contributed by atoms with Gasteiger partial charge in [-0.1, -0.05) is 6.92 Å². The predicted molar refractivity (Wildman–Crippen MR) is 49.5 cm³/mol. The number of amidine groups is 1. The Morgan fingerprint density at radius 3 is 3.08 bits per heavy atom. The van der Waals surface area contributed by atoms with Gasteiger partial charge in [0, 0.05) is 13.2 Å². The number of aliphatic imine (C=N–C) groups is 2. The maximum absolute atomic E-state index is 9.75. The Bertz CT molecular complexity index is 307. The van der Waals surface area contributed by atoms with Crippen LogP contribution in [-0.2, 0) is 0 Å². The van der Waals surface area contributed by atoms with Crippen molar-refractivity contribution in [3.8, 4) is 0 Å². The number of hydrogen-bond acceptors (Lipinski definition) is 5. The average molecular weight is 180 g/mol. The van der Waals surface area contributed by atoms with Crippen molar-refractivity contribution < 1.29 is 5.21 Å². The zero-order chi connectivity index (χ0) is 9.42. The van der Waals surface area contributed by atoms with E-state index in [0.717, 1.165) is 12.1 Å². The number of hydrogen-bond donors (Lipinski definition) is 1. The second-order valence-electron chi connectivity index (χ2n) is 3.11. The molecule has 2 aliphatic heterocycles. The highest BCUT2D eigenvalue weighted by molar-refractivity contribution is 6.06. The number of rotatable bonds is 1. The van der Waals surface area contributed by atoms with E-state index in [1.165, 1.54) is 11.4 Å². The molecule has 0 aromatic heterocycles. The molecule has 0 fully saturated rings. The molecule has 0 saturated carbocycles. The van der Waals surface area contributed by atoms with Gasteiger partial charge in [0.05, 0.1) is 0 Å². The molecule has 0 amide bonds. The van der Waals surface area contributed by atoms with Gasteiger partial charge in [-0.3, -0.25) is 5.21 Å². The molecule has 5 nitrogen and oxygen atoms in total. The Hall–Kier alpha value is -1.36. The Labute approximate surface area is 76.7 Å². The van der Waals surface area contributed by atoms with Crippen LogP contribution in [0.5, 0.6) is 0 Å². The van der Waals surface area contributed by atoms with Gasteiger partial charge >= 0.3 is 0 Å². The Kier molecular flexibility index (Phi) is 1.81. The summed E-state index contributed by atoms with van der Waals surface area (Å²) < 4.78 is 0. The second-order valence-corrected chi connectivity index (χ2v) is 3.11. The van der Waals surface area contributed by atoms with E-state index in [1.807, 2.05) is 25.1 Å². The molecule has 0 radical (unpaired) electrons. The smallest absolute Gasteiger partial charge is 0.183 e. The summed E-state index contributed by atoms with van der Waals surface area (Å²) in [5.74, 6) is 0.546. The van der Waals surface area contributed by atoms with Gasteiger partial charge in [-0.15, -0.1) is 0 Å². The summed E-state index contributed by atoms with van der Waals surface area (Å²) in [4.78, 5) is 9.92. The lowest BCUT2D eigenvalue weighted by molar-refractivity contribution is -0.0980. The quantitative estimate of drug-likeness (QED) is 0.644. The van der Waals surface area contributed by atoms with E-state index >= 15 is 0 Å². The molecule has 0 saturated heterocycles. The molecule has 5 heteroatoms. The summed E-state index contributed by atoms with van der Waals surface area (Å²) in [6.45, 7) is 2.01. The molecule has 2 heterocycles. The molecule has 0 aliphatic carbocycles. The third-order valence-electron chi connectivity index (χ3n) is 2.27. The van der Waals surface area contributed by atoms with Crippen LogP contribution in [-0.4, -0.2) is 40.6 Å². The minimum atomic E-state index is -0.0378. The van der Waals surface area contributed by atoms with Crippen molar-refractivity contribution in [3.63, 3.8) is 0 Å². The van der Waals surface area contributed by atoms with Crippen molar-refractivity contribution in [2.45, 2.75) is 19.5 Å². The standard InChI is InChI=1S/C8H12N4O/c1-3-7-11(2)4-6-8(12(7)13)10-5-9-6/h4-5,7,13H,3H2,1-2H3. The van der Waals surface area contributed by atoms with Crippen LogP contribution in [0.15, 0.2) is 21.9 Å². The van der Waals surface area contributed by atoms with E-state index in [2.05, 4.69) is 9.98 Å². The van der Waals surface area contributed by atoms with Crippen LogP contribution < -0.4 is 0 Å². The summed E-state index contributed by atoms with van der Waals surface area (Å²) in [7, 11) is 1.91.